The first-order valence-corrected chi connectivity index (χ1v) is 8.55. The van der Waals surface area contributed by atoms with Gasteiger partial charge >= 0.3 is 6.03 Å². The molecule has 2 bridgehead atoms. The minimum Gasteiger partial charge on any atom is -0.311 e. The number of urea groups is 1. The number of rotatable bonds is 1. The number of pyridine rings is 1. The first-order chi connectivity index (χ1) is 12.0. The Morgan fingerprint density at radius 2 is 2.00 bits per heavy atom. The van der Waals surface area contributed by atoms with Gasteiger partial charge in [-0.15, -0.1) is 0 Å². The zero-order chi connectivity index (χ0) is 17.7. The molecule has 0 spiro atoms. The molecule has 1 aromatic heterocycles. The highest BCUT2D eigenvalue weighted by molar-refractivity contribution is 6.42. The lowest BCUT2D eigenvalue weighted by Gasteiger charge is -2.38. The number of carbonyl (C=O) groups is 1. The fraction of sp³-hybridized carbons (Fsp3) is 0.294. The number of aromatic nitrogens is 1. The predicted molar refractivity (Wildman–Crippen MR) is 91.1 cm³/mol. The Morgan fingerprint density at radius 1 is 1.20 bits per heavy atom. The van der Waals surface area contributed by atoms with E-state index in [1.54, 1.807) is 12.1 Å². The van der Waals surface area contributed by atoms with Gasteiger partial charge in [0, 0.05) is 11.9 Å². The second kappa shape index (κ2) is 6.11. The third kappa shape index (κ3) is 2.73. The smallest absolute Gasteiger partial charge is 0.311 e. The predicted octanol–water partition coefficient (Wildman–Crippen LogP) is 5.29. The number of halogens is 4. The van der Waals surface area contributed by atoms with Crippen molar-refractivity contribution in [2.24, 2.45) is 0 Å². The molecule has 0 saturated carbocycles. The van der Waals surface area contributed by atoms with Gasteiger partial charge in [-0.2, -0.15) is 4.39 Å². The Labute approximate surface area is 152 Å². The number of amides is 2. The number of hydrogen-bond donors (Lipinski definition) is 1. The van der Waals surface area contributed by atoms with Gasteiger partial charge in [0.2, 0.25) is 5.95 Å². The van der Waals surface area contributed by atoms with E-state index in [-0.39, 0.29) is 6.04 Å². The Balaban J connectivity index is 1.63. The van der Waals surface area contributed by atoms with Crippen molar-refractivity contribution in [2.45, 2.75) is 31.1 Å². The normalized spacial score (nSPS) is 24.2. The van der Waals surface area contributed by atoms with E-state index >= 15 is 0 Å². The molecule has 8 heteroatoms. The molecule has 1 aromatic carbocycles. The molecule has 1 N–H and O–H groups in total. The van der Waals surface area contributed by atoms with Crippen LogP contribution in [0.15, 0.2) is 30.5 Å². The van der Waals surface area contributed by atoms with Crippen LogP contribution in [0.1, 0.15) is 36.2 Å². The SMILES string of the molecule is O=C(Nc1ccc(Cl)c(Cl)c1)N1[C@@H]2CC[C@H]1c1cnc(F)cc1[C@@H]2F. The zero-order valence-electron chi connectivity index (χ0n) is 12.8. The van der Waals surface area contributed by atoms with Gasteiger partial charge in [-0.05, 0) is 48.2 Å². The molecule has 0 radical (unpaired) electrons. The highest BCUT2D eigenvalue weighted by Gasteiger charge is 2.48. The maximum absolute atomic E-state index is 14.9. The zero-order valence-corrected chi connectivity index (χ0v) is 14.4. The monoisotopic (exact) mass is 383 g/mol. The van der Waals surface area contributed by atoms with Crippen molar-refractivity contribution in [1.29, 1.82) is 0 Å². The molecular formula is C17H13Cl2F2N3O. The highest BCUT2D eigenvalue weighted by Crippen LogP contribution is 2.49. The molecule has 2 aliphatic heterocycles. The Hall–Kier alpha value is -1.92. The molecule has 3 heterocycles. The minimum atomic E-state index is -1.44. The number of fused-ring (bicyclic) bond motifs is 4. The summed E-state index contributed by atoms with van der Waals surface area (Å²) in [5.41, 5.74) is 1.32. The van der Waals surface area contributed by atoms with E-state index in [1.165, 1.54) is 17.2 Å². The van der Waals surface area contributed by atoms with Gasteiger partial charge in [0.05, 0.1) is 22.1 Å². The second-order valence-electron chi connectivity index (χ2n) is 6.16. The number of carbonyl (C=O) groups excluding carboxylic acids is 1. The molecule has 2 amide bonds. The summed E-state index contributed by atoms with van der Waals surface area (Å²) >= 11 is 11.8. The number of hydrogen-bond acceptors (Lipinski definition) is 2. The second-order valence-corrected chi connectivity index (χ2v) is 6.98. The molecule has 2 aromatic rings. The Bertz CT molecular complexity index is 864. The molecule has 0 aliphatic carbocycles. The molecular weight excluding hydrogens is 371 g/mol. The molecule has 2 aliphatic rings. The van der Waals surface area contributed by atoms with Crippen LogP contribution >= 0.6 is 23.2 Å². The number of anilines is 1. The fourth-order valence-corrected chi connectivity index (χ4v) is 3.96. The van der Waals surface area contributed by atoms with Crippen LogP contribution in [-0.4, -0.2) is 22.0 Å². The van der Waals surface area contributed by atoms with Crippen molar-refractivity contribution in [2.75, 3.05) is 5.32 Å². The number of nitrogens with one attached hydrogen (secondary N) is 1. The van der Waals surface area contributed by atoms with E-state index < -0.39 is 24.2 Å². The van der Waals surface area contributed by atoms with Gasteiger partial charge in [-0.25, -0.2) is 14.2 Å². The summed E-state index contributed by atoms with van der Waals surface area (Å²) in [5.74, 6) is -0.713. The van der Waals surface area contributed by atoms with Crippen LogP contribution < -0.4 is 5.32 Å². The number of benzene rings is 1. The maximum atomic E-state index is 14.9. The third-order valence-corrected chi connectivity index (χ3v) is 5.50. The quantitative estimate of drug-likeness (QED) is 0.680. The first kappa shape index (κ1) is 16.5. The minimum absolute atomic E-state index is 0.290. The van der Waals surface area contributed by atoms with Gasteiger partial charge in [0.15, 0.2) is 0 Å². The van der Waals surface area contributed by atoms with Crippen LogP contribution in [-0.2, 0) is 0 Å². The van der Waals surface area contributed by atoms with E-state index in [0.29, 0.717) is 39.7 Å². The van der Waals surface area contributed by atoms with Crippen molar-refractivity contribution in [3.05, 3.63) is 57.6 Å². The summed E-state index contributed by atoms with van der Waals surface area (Å²) in [4.78, 5) is 17.8. The van der Waals surface area contributed by atoms with Crippen molar-refractivity contribution < 1.29 is 13.6 Å². The Kier molecular flexibility index (Phi) is 4.04. The molecule has 3 atom stereocenters. The maximum Gasteiger partial charge on any atom is 0.322 e. The molecule has 0 unspecified atom stereocenters. The van der Waals surface area contributed by atoms with Crippen molar-refractivity contribution in [1.82, 2.24) is 9.88 Å². The van der Waals surface area contributed by atoms with Gasteiger partial charge in [-0.3, -0.25) is 0 Å². The van der Waals surface area contributed by atoms with Crippen molar-refractivity contribution >= 4 is 34.9 Å². The lowest BCUT2D eigenvalue weighted by molar-refractivity contribution is 0.123. The Morgan fingerprint density at radius 3 is 2.76 bits per heavy atom. The van der Waals surface area contributed by atoms with E-state index in [1.807, 2.05) is 0 Å². The van der Waals surface area contributed by atoms with Crippen LogP contribution in [0, 0.1) is 5.95 Å². The van der Waals surface area contributed by atoms with E-state index in [4.69, 9.17) is 23.2 Å². The van der Waals surface area contributed by atoms with Crippen molar-refractivity contribution in [3.63, 3.8) is 0 Å². The van der Waals surface area contributed by atoms with Gasteiger partial charge in [-0.1, -0.05) is 23.2 Å². The highest BCUT2D eigenvalue weighted by atomic mass is 35.5. The molecule has 1 fully saturated rings. The number of nitrogens with zero attached hydrogens (tertiary/aromatic N) is 2. The van der Waals surface area contributed by atoms with Crippen LogP contribution in [0.3, 0.4) is 0 Å². The van der Waals surface area contributed by atoms with Gasteiger partial charge in [0.1, 0.15) is 6.17 Å². The van der Waals surface area contributed by atoms with Crippen molar-refractivity contribution in [3.8, 4) is 0 Å². The van der Waals surface area contributed by atoms with Crippen LogP contribution in [0.4, 0.5) is 19.3 Å². The van der Waals surface area contributed by atoms with Crippen LogP contribution in [0.2, 0.25) is 10.0 Å². The molecule has 4 nitrogen and oxygen atoms in total. The van der Waals surface area contributed by atoms with Gasteiger partial charge < -0.3 is 10.2 Å². The summed E-state index contributed by atoms with van der Waals surface area (Å²) in [6.45, 7) is 0. The van der Waals surface area contributed by atoms with E-state index in [0.717, 1.165) is 6.07 Å². The van der Waals surface area contributed by atoms with E-state index in [2.05, 4.69) is 10.3 Å². The van der Waals surface area contributed by atoms with Crippen LogP contribution in [0.25, 0.3) is 0 Å². The standard InChI is InChI=1S/C17H13Cl2F2N3O/c18-11-2-1-8(5-12(11)19)23-17(25)24-13-3-4-14(24)16(21)9-6-15(20)22-7-10(9)13/h1-2,5-7,13-14,16H,3-4H2,(H,23,25)/t13-,14+,16-/m0/s1. The number of alkyl halides is 1. The van der Waals surface area contributed by atoms with E-state index in [9.17, 15) is 13.6 Å². The first-order valence-electron chi connectivity index (χ1n) is 7.79. The lowest BCUT2D eigenvalue weighted by Crippen LogP contribution is -2.45. The molecule has 4 rings (SSSR count). The summed E-state index contributed by atoms with van der Waals surface area (Å²) in [5, 5.41) is 3.42. The molecule has 130 valence electrons. The third-order valence-electron chi connectivity index (χ3n) is 4.76. The van der Waals surface area contributed by atoms with Crippen LogP contribution in [0.5, 0.6) is 0 Å². The summed E-state index contributed by atoms with van der Waals surface area (Å²) in [7, 11) is 0. The average molecular weight is 384 g/mol. The summed E-state index contributed by atoms with van der Waals surface area (Å²) in [6.07, 6.45) is 1.01. The fourth-order valence-electron chi connectivity index (χ4n) is 3.66. The van der Waals surface area contributed by atoms with Gasteiger partial charge in [0.25, 0.3) is 0 Å². The summed E-state index contributed by atoms with van der Waals surface area (Å²) < 4.78 is 28.2. The molecule has 1 saturated heterocycles. The average Bonchev–Trinajstić information content (AvgIpc) is 2.96. The largest absolute Gasteiger partial charge is 0.322 e. The molecule has 25 heavy (non-hydrogen) atoms. The topological polar surface area (TPSA) is 45.2 Å². The lowest BCUT2D eigenvalue weighted by atomic mass is 9.94. The summed E-state index contributed by atoms with van der Waals surface area (Å²) in [6, 6.07) is 4.49.